The predicted molar refractivity (Wildman–Crippen MR) is 52.2 cm³/mol. The van der Waals surface area contributed by atoms with Crippen LogP contribution in [0.2, 0.25) is 0 Å². The van der Waals surface area contributed by atoms with Crippen molar-refractivity contribution in [2.75, 3.05) is 0 Å². The fraction of sp³-hybridized carbons (Fsp3) is 1.00. The highest BCUT2D eigenvalue weighted by molar-refractivity contribution is 5.11. The first-order chi connectivity index (χ1) is 5.93. The molecule has 0 radical (unpaired) electrons. The minimum absolute atomic E-state index is 0.105. The molecule has 13 heavy (non-hydrogen) atoms. The van der Waals surface area contributed by atoms with E-state index in [0.717, 1.165) is 12.8 Å². The second-order valence-corrected chi connectivity index (χ2v) is 5.47. The summed E-state index contributed by atoms with van der Waals surface area (Å²) in [6.45, 7) is 3.39. The van der Waals surface area contributed by atoms with Crippen LogP contribution in [0.15, 0.2) is 0 Å². The average molecular weight is 185 g/mol. The fourth-order valence-electron chi connectivity index (χ4n) is 2.94. The molecule has 1 unspecified atom stereocenters. The van der Waals surface area contributed by atoms with E-state index in [9.17, 15) is 4.39 Å². The Morgan fingerprint density at radius 3 is 2.15 bits per heavy atom. The molecule has 0 aromatic heterocycles. The van der Waals surface area contributed by atoms with Crippen LogP contribution in [0.1, 0.15) is 46.0 Å². The second-order valence-electron chi connectivity index (χ2n) is 5.47. The highest BCUT2D eigenvalue weighted by Gasteiger charge is 2.55. The normalized spacial score (nSPS) is 29.5. The lowest BCUT2D eigenvalue weighted by molar-refractivity contribution is 0.0195. The molecule has 0 aromatic carbocycles. The average Bonchev–Trinajstić information content (AvgIpc) is 2.56. The van der Waals surface area contributed by atoms with Crippen molar-refractivity contribution in [1.82, 2.24) is 0 Å². The quantitative estimate of drug-likeness (QED) is 0.718. The molecule has 1 atom stereocenters. The molecule has 2 saturated carbocycles. The Bertz CT molecular complexity index is 193. The van der Waals surface area contributed by atoms with Gasteiger partial charge in [-0.15, -0.1) is 0 Å². The van der Waals surface area contributed by atoms with E-state index in [1.165, 1.54) is 19.3 Å². The predicted octanol–water partition coefficient (Wildman–Crippen LogP) is 2.64. The van der Waals surface area contributed by atoms with Gasteiger partial charge in [0.05, 0.1) is 0 Å². The van der Waals surface area contributed by atoms with Crippen molar-refractivity contribution in [3.05, 3.63) is 0 Å². The number of rotatable bonds is 3. The SMILES string of the molecule is CC(C)(F)C(C1CCC1)C1(N)CC1. The van der Waals surface area contributed by atoms with Crippen LogP contribution in [0.4, 0.5) is 4.39 Å². The Morgan fingerprint density at radius 1 is 1.38 bits per heavy atom. The molecule has 0 aromatic rings. The van der Waals surface area contributed by atoms with Crippen LogP contribution >= 0.6 is 0 Å². The summed E-state index contributed by atoms with van der Waals surface area (Å²) in [7, 11) is 0. The van der Waals surface area contributed by atoms with Gasteiger partial charge in [0.15, 0.2) is 0 Å². The van der Waals surface area contributed by atoms with Gasteiger partial charge in [-0.1, -0.05) is 6.42 Å². The van der Waals surface area contributed by atoms with Gasteiger partial charge in [-0.25, -0.2) is 4.39 Å². The molecule has 2 rings (SSSR count). The zero-order chi connectivity index (χ0) is 9.69. The lowest BCUT2D eigenvalue weighted by Crippen LogP contribution is -2.49. The van der Waals surface area contributed by atoms with Gasteiger partial charge in [-0.3, -0.25) is 0 Å². The molecular weight excluding hydrogens is 165 g/mol. The largest absolute Gasteiger partial charge is 0.325 e. The summed E-state index contributed by atoms with van der Waals surface area (Å²) < 4.78 is 14.0. The third kappa shape index (κ3) is 1.61. The Kier molecular flexibility index (Phi) is 1.96. The van der Waals surface area contributed by atoms with Gasteiger partial charge in [-0.2, -0.15) is 0 Å². The zero-order valence-corrected chi connectivity index (χ0v) is 8.65. The van der Waals surface area contributed by atoms with E-state index in [0.29, 0.717) is 5.92 Å². The van der Waals surface area contributed by atoms with E-state index in [1.807, 2.05) is 0 Å². The maximum atomic E-state index is 14.0. The molecule has 2 aliphatic rings. The smallest absolute Gasteiger partial charge is 0.110 e. The van der Waals surface area contributed by atoms with Crippen molar-refractivity contribution >= 4 is 0 Å². The van der Waals surface area contributed by atoms with Crippen molar-refractivity contribution < 1.29 is 4.39 Å². The first kappa shape index (κ1) is 9.45. The number of halogens is 1. The Labute approximate surface area is 79.9 Å². The standard InChI is InChI=1S/C11H20FN/c1-10(2,12)9(8-4-3-5-8)11(13)6-7-11/h8-9H,3-7,13H2,1-2H3. The molecule has 1 nitrogen and oxygen atoms in total. The van der Waals surface area contributed by atoms with E-state index in [1.54, 1.807) is 13.8 Å². The fourth-order valence-corrected chi connectivity index (χ4v) is 2.94. The topological polar surface area (TPSA) is 26.0 Å². The van der Waals surface area contributed by atoms with Crippen molar-refractivity contribution in [2.45, 2.75) is 57.2 Å². The summed E-state index contributed by atoms with van der Waals surface area (Å²) in [5.41, 5.74) is 4.91. The second kappa shape index (κ2) is 2.69. The Balaban J connectivity index is 2.11. The molecule has 0 aliphatic heterocycles. The van der Waals surface area contributed by atoms with Gasteiger partial charge in [0.25, 0.3) is 0 Å². The molecule has 2 aliphatic carbocycles. The Morgan fingerprint density at radius 2 is 1.92 bits per heavy atom. The van der Waals surface area contributed by atoms with Gasteiger partial charge in [0, 0.05) is 11.5 Å². The molecule has 0 saturated heterocycles. The van der Waals surface area contributed by atoms with Crippen molar-refractivity contribution in [1.29, 1.82) is 0 Å². The highest BCUT2D eigenvalue weighted by atomic mass is 19.1. The molecule has 2 heteroatoms. The highest BCUT2D eigenvalue weighted by Crippen LogP contribution is 2.53. The summed E-state index contributed by atoms with van der Waals surface area (Å²) in [6.07, 6.45) is 5.71. The molecule has 0 bridgehead atoms. The summed E-state index contributed by atoms with van der Waals surface area (Å²) in [5, 5.41) is 0. The molecule has 2 fully saturated rings. The lowest BCUT2D eigenvalue weighted by atomic mass is 9.66. The van der Waals surface area contributed by atoms with Gasteiger partial charge in [-0.05, 0) is 45.4 Å². The first-order valence-corrected chi connectivity index (χ1v) is 5.41. The van der Waals surface area contributed by atoms with E-state index in [-0.39, 0.29) is 11.5 Å². The monoisotopic (exact) mass is 185 g/mol. The first-order valence-electron chi connectivity index (χ1n) is 5.41. The van der Waals surface area contributed by atoms with Crippen molar-refractivity contribution in [3.8, 4) is 0 Å². The minimum atomic E-state index is -1.09. The summed E-state index contributed by atoms with van der Waals surface area (Å²) in [6, 6.07) is 0. The van der Waals surface area contributed by atoms with Crippen LogP contribution in [-0.2, 0) is 0 Å². The van der Waals surface area contributed by atoms with E-state index >= 15 is 0 Å². The van der Waals surface area contributed by atoms with Gasteiger partial charge >= 0.3 is 0 Å². The van der Waals surface area contributed by atoms with E-state index < -0.39 is 5.67 Å². The van der Waals surface area contributed by atoms with Crippen LogP contribution in [0.5, 0.6) is 0 Å². The summed E-state index contributed by atoms with van der Waals surface area (Å²) >= 11 is 0. The molecule has 0 spiro atoms. The van der Waals surface area contributed by atoms with E-state index in [4.69, 9.17) is 5.73 Å². The third-order valence-electron chi connectivity index (χ3n) is 3.81. The summed E-state index contributed by atoms with van der Waals surface area (Å²) in [4.78, 5) is 0. The zero-order valence-electron chi connectivity index (χ0n) is 8.65. The third-order valence-corrected chi connectivity index (χ3v) is 3.81. The molecule has 0 heterocycles. The van der Waals surface area contributed by atoms with Gasteiger partial charge < -0.3 is 5.73 Å². The van der Waals surface area contributed by atoms with Crippen LogP contribution in [0, 0.1) is 11.8 Å². The van der Waals surface area contributed by atoms with E-state index in [2.05, 4.69) is 0 Å². The van der Waals surface area contributed by atoms with Crippen LogP contribution in [0.3, 0.4) is 0 Å². The van der Waals surface area contributed by atoms with Gasteiger partial charge in [0.1, 0.15) is 5.67 Å². The number of alkyl halides is 1. The minimum Gasteiger partial charge on any atom is -0.325 e. The van der Waals surface area contributed by atoms with Gasteiger partial charge in [0.2, 0.25) is 0 Å². The molecule has 0 amide bonds. The number of hydrogen-bond acceptors (Lipinski definition) is 1. The molecule has 2 N–H and O–H groups in total. The number of hydrogen-bond donors (Lipinski definition) is 1. The Hall–Kier alpha value is -0.110. The van der Waals surface area contributed by atoms with Crippen LogP contribution in [0.25, 0.3) is 0 Å². The number of nitrogens with two attached hydrogens (primary N) is 1. The van der Waals surface area contributed by atoms with Crippen molar-refractivity contribution in [3.63, 3.8) is 0 Å². The molecular formula is C11H20FN. The summed E-state index contributed by atoms with van der Waals surface area (Å²) in [5.74, 6) is 0.668. The molecule has 76 valence electrons. The maximum Gasteiger partial charge on any atom is 0.110 e. The van der Waals surface area contributed by atoms with Crippen LogP contribution in [-0.4, -0.2) is 11.2 Å². The van der Waals surface area contributed by atoms with Crippen LogP contribution < -0.4 is 5.73 Å². The maximum absolute atomic E-state index is 14.0. The van der Waals surface area contributed by atoms with Crippen molar-refractivity contribution in [2.24, 2.45) is 17.6 Å². The lowest BCUT2D eigenvalue weighted by Gasteiger charge is -2.43.